The smallest absolute Gasteiger partial charge is 0.305 e. The molecule has 1 amide bonds. The van der Waals surface area contributed by atoms with Crippen LogP contribution in [0, 0.1) is 11.8 Å². The number of ether oxygens (including phenoxy) is 1. The molecule has 1 saturated heterocycles. The monoisotopic (exact) mass is 383 g/mol. The first-order valence-electron chi connectivity index (χ1n) is 9.89. The first-order chi connectivity index (χ1) is 13.6. The summed E-state index contributed by atoms with van der Waals surface area (Å²) < 4.78 is 4.63. The summed E-state index contributed by atoms with van der Waals surface area (Å²) in [6.45, 7) is 0.706. The van der Waals surface area contributed by atoms with Crippen LogP contribution in [-0.2, 0) is 14.3 Å². The van der Waals surface area contributed by atoms with Gasteiger partial charge in [-0.1, -0.05) is 49.0 Å². The van der Waals surface area contributed by atoms with E-state index in [1.165, 1.54) is 7.11 Å². The molecule has 1 N–H and O–H groups in total. The number of carbonyl (C=O) groups excluding carboxylic acids is 2. The van der Waals surface area contributed by atoms with Crippen LogP contribution in [0.3, 0.4) is 0 Å². The molecule has 1 fully saturated rings. The van der Waals surface area contributed by atoms with Crippen molar-refractivity contribution >= 4 is 11.9 Å². The third-order valence-electron chi connectivity index (χ3n) is 4.79. The Kier molecular flexibility index (Phi) is 9.30. The molecule has 2 unspecified atom stereocenters. The Morgan fingerprint density at radius 1 is 1.29 bits per heavy atom. The van der Waals surface area contributed by atoms with E-state index in [-0.39, 0.29) is 17.9 Å². The van der Waals surface area contributed by atoms with Gasteiger partial charge in [0.25, 0.3) is 0 Å². The standard InChI is InChI=1S/C23H29NO4/c1-28-23(27)11-7-2-3-8-18-24-20(14-17-22(24)26)13-16-21(25)15-12-19-9-5-4-6-10-19/h4-6,9-10,13,16,20-21,25H,2-3,7-8,11,14,17-18H2,1H3/b16-13+. The summed E-state index contributed by atoms with van der Waals surface area (Å²) in [4.78, 5) is 25.1. The molecule has 0 saturated carbocycles. The summed E-state index contributed by atoms with van der Waals surface area (Å²) in [6.07, 6.45) is 8.13. The van der Waals surface area contributed by atoms with Crippen molar-refractivity contribution in [1.29, 1.82) is 0 Å². The van der Waals surface area contributed by atoms with E-state index in [4.69, 9.17) is 0 Å². The maximum Gasteiger partial charge on any atom is 0.305 e. The van der Waals surface area contributed by atoms with E-state index in [1.807, 2.05) is 41.3 Å². The van der Waals surface area contributed by atoms with Crippen LogP contribution < -0.4 is 0 Å². The Morgan fingerprint density at radius 3 is 2.79 bits per heavy atom. The Bertz CT molecular complexity index is 717. The number of aliphatic hydroxyl groups is 1. The van der Waals surface area contributed by atoms with E-state index >= 15 is 0 Å². The van der Waals surface area contributed by atoms with Gasteiger partial charge in [0.2, 0.25) is 5.91 Å². The van der Waals surface area contributed by atoms with E-state index in [2.05, 4.69) is 16.6 Å². The Labute approximate surface area is 167 Å². The van der Waals surface area contributed by atoms with E-state index in [1.54, 1.807) is 6.08 Å². The molecule has 5 heteroatoms. The average molecular weight is 383 g/mol. The lowest BCUT2D eigenvalue weighted by Crippen LogP contribution is -2.32. The number of amides is 1. The summed E-state index contributed by atoms with van der Waals surface area (Å²) >= 11 is 0. The van der Waals surface area contributed by atoms with Crippen LogP contribution in [0.5, 0.6) is 0 Å². The molecule has 0 bridgehead atoms. The number of likely N-dealkylation sites (tertiary alicyclic amines) is 1. The highest BCUT2D eigenvalue weighted by atomic mass is 16.5. The van der Waals surface area contributed by atoms with E-state index in [9.17, 15) is 14.7 Å². The third-order valence-corrected chi connectivity index (χ3v) is 4.79. The number of hydrogen-bond acceptors (Lipinski definition) is 4. The molecule has 0 aromatic heterocycles. The molecule has 2 atom stereocenters. The summed E-state index contributed by atoms with van der Waals surface area (Å²) in [5, 5.41) is 10.1. The van der Waals surface area contributed by atoms with Crippen LogP contribution in [0.4, 0.5) is 0 Å². The second-order valence-electron chi connectivity index (χ2n) is 6.90. The van der Waals surface area contributed by atoms with E-state index in [0.29, 0.717) is 19.4 Å². The normalized spacial score (nSPS) is 17.4. The first-order valence-corrected chi connectivity index (χ1v) is 9.89. The molecule has 1 aliphatic heterocycles. The van der Waals surface area contributed by atoms with Gasteiger partial charge < -0.3 is 14.7 Å². The molecule has 0 spiro atoms. The lowest BCUT2D eigenvalue weighted by atomic mass is 10.1. The Morgan fingerprint density at radius 2 is 2.04 bits per heavy atom. The largest absolute Gasteiger partial charge is 0.469 e. The zero-order valence-electron chi connectivity index (χ0n) is 16.5. The fourth-order valence-corrected chi connectivity index (χ4v) is 3.21. The molecule has 1 aromatic carbocycles. The van der Waals surface area contributed by atoms with Gasteiger partial charge in [-0.05, 0) is 37.5 Å². The fraction of sp³-hybridized carbons (Fsp3) is 0.478. The minimum Gasteiger partial charge on any atom is -0.469 e. The fourth-order valence-electron chi connectivity index (χ4n) is 3.21. The van der Waals surface area contributed by atoms with Gasteiger partial charge in [0.1, 0.15) is 6.10 Å². The number of carbonyl (C=O) groups is 2. The van der Waals surface area contributed by atoms with Crippen LogP contribution in [-0.4, -0.2) is 47.7 Å². The molecular weight excluding hydrogens is 354 g/mol. The van der Waals surface area contributed by atoms with Crippen molar-refractivity contribution in [2.24, 2.45) is 0 Å². The van der Waals surface area contributed by atoms with Crippen LogP contribution in [0.2, 0.25) is 0 Å². The molecule has 0 aliphatic carbocycles. The Hall–Kier alpha value is -2.58. The molecule has 150 valence electrons. The van der Waals surface area contributed by atoms with Gasteiger partial charge in [0.15, 0.2) is 0 Å². The van der Waals surface area contributed by atoms with Gasteiger partial charge in [-0.2, -0.15) is 0 Å². The quantitative estimate of drug-likeness (QED) is 0.308. The number of nitrogens with zero attached hydrogens (tertiary/aromatic N) is 1. The summed E-state index contributed by atoms with van der Waals surface area (Å²) in [5.74, 6) is 5.74. The molecule has 28 heavy (non-hydrogen) atoms. The number of rotatable bonds is 9. The van der Waals surface area contributed by atoms with Crippen LogP contribution >= 0.6 is 0 Å². The summed E-state index contributed by atoms with van der Waals surface area (Å²) in [6, 6.07) is 9.55. The SMILES string of the molecule is COC(=O)CCCCCCN1C(=O)CCC1/C=C/C(O)C#Cc1ccccc1. The minimum absolute atomic E-state index is 0.0238. The van der Waals surface area contributed by atoms with Gasteiger partial charge in [-0.25, -0.2) is 0 Å². The topological polar surface area (TPSA) is 66.8 Å². The predicted octanol–water partition coefficient (Wildman–Crippen LogP) is 3.07. The lowest BCUT2D eigenvalue weighted by molar-refractivity contribution is -0.140. The summed E-state index contributed by atoms with van der Waals surface area (Å²) in [7, 11) is 1.40. The number of methoxy groups -OCH3 is 1. The Balaban J connectivity index is 1.75. The number of esters is 1. The number of benzene rings is 1. The molecule has 2 rings (SSSR count). The molecule has 5 nitrogen and oxygen atoms in total. The van der Waals surface area contributed by atoms with Crippen LogP contribution in [0.25, 0.3) is 0 Å². The van der Waals surface area contributed by atoms with Gasteiger partial charge in [-0.15, -0.1) is 0 Å². The first kappa shape index (κ1) is 21.7. The van der Waals surface area contributed by atoms with Gasteiger partial charge in [-0.3, -0.25) is 9.59 Å². The van der Waals surface area contributed by atoms with Gasteiger partial charge in [0.05, 0.1) is 13.2 Å². The van der Waals surface area contributed by atoms with Crippen molar-refractivity contribution in [2.75, 3.05) is 13.7 Å². The minimum atomic E-state index is -0.851. The highest BCUT2D eigenvalue weighted by Gasteiger charge is 2.28. The molecule has 1 aromatic rings. The van der Waals surface area contributed by atoms with Gasteiger partial charge >= 0.3 is 5.97 Å². The third kappa shape index (κ3) is 7.58. The van der Waals surface area contributed by atoms with Gasteiger partial charge in [0, 0.05) is 24.9 Å². The number of aliphatic hydroxyl groups excluding tert-OH is 1. The predicted molar refractivity (Wildman–Crippen MR) is 108 cm³/mol. The molecular formula is C23H29NO4. The number of unbranched alkanes of at least 4 members (excludes halogenated alkanes) is 3. The van der Waals surface area contributed by atoms with Crippen molar-refractivity contribution in [2.45, 2.75) is 57.1 Å². The van der Waals surface area contributed by atoms with Crippen molar-refractivity contribution in [3.63, 3.8) is 0 Å². The van der Waals surface area contributed by atoms with E-state index in [0.717, 1.165) is 37.7 Å². The van der Waals surface area contributed by atoms with Crippen molar-refractivity contribution in [3.8, 4) is 11.8 Å². The lowest BCUT2D eigenvalue weighted by Gasteiger charge is -2.22. The zero-order valence-corrected chi connectivity index (χ0v) is 16.5. The summed E-state index contributed by atoms with van der Waals surface area (Å²) in [5.41, 5.74) is 0.861. The van der Waals surface area contributed by atoms with Crippen LogP contribution in [0.15, 0.2) is 42.5 Å². The maximum atomic E-state index is 12.1. The molecule has 0 radical (unpaired) electrons. The van der Waals surface area contributed by atoms with Crippen molar-refractivity contribution in [1.82, 2.24) is 4.90 Å². The second kappa shape index (κ2) is 12.0. The average Bonchev–Trinajstić information content (AvgIpc) is 3.07. The number of hydrogen-bond donors (Lipinski definition) is 1. The molecule has 1 aliphatic rings. The van der Waals surface area contributed by atoms with E-state index < -0.39 is 6.10 Å². The van der Waals surface area contributed by atoms with Crippen molar-refractivity contribution in [3.05, 3.63) is 48.0 Å². The maximum absolute atomic E-state index is 12.1. The zero-order chi connectivity index (χ0) is 20.2. The molecule has 1 heterocycles. The second-order valence-corrected chi connectivity index (χ2v) is 6.90. The van der Waals surface area contributed by atoms with Crippen LogP contribution in [0.1, 0.15) is 50.5 Å². The van der Waals surface area contributed by atoms with Crippen molar-refractivity contribution < 1.29 is 19.4 Å². The highest BCUT2D eigenvalue weighted by Crippen LogP contribution is 2.21. The highest BCUT2D eigenvalue weighted by molar-refractivity contribution is 5.79.